The molecule has 3 aromatic rings. The summed E-state index contributed by atoms with van der Waals surface area (Å²) >= 11 is 0. The molecule has 148 valence electrons. The van der Waals surface area contributed by atoms with Crippen LogP contribution < -0.4 is 20.3 Å². The van der Waals surface area contributed by atoms with Crippen LogP contribution in [0.1, 0.15) is 16.1 Å². The van der Waals surface area contributed by atoms with Crippen molar-refractivity contribution < 1.29 is 9.53 Å². The topological polar surface area (TPSA) is 83.8 Å². The first-order chi connectivity index (χ1) is 13.1. The number of imidazole rings is 1. The highest BCUT2D eigenvalue weighted by molar-refractivity contribution is 6.05. The number of nitrogens with one attached hydrogen (secondary N) is 2. The molecule has 1 aliphatic heterocycles. The third kappa shape index (κ3) is 4.02. The van der Waals surface area contributed by atoms with Crippen molar-refractivity contribution >= 4 is 35.5 Å². The maximum absolute atomic E-state index is 12.7. The number of carbonyl (C=O) groups is 1. The normalized spacial score (nSPS) is 13.9. The molecule has 0 bridgehead atoms. The fourth-order valence-corrected chi connectivity index (χ4v) is 3.24. The third-order valence-electron chi connectivity index (χ3n) is 4.61. The fourth-order valence-electron chi connectivity index (χ4n) is 3.24. The Bertz CT molecular complexity index is 966. The quantitative estimate of drug-likeness (QED) is 0.695. The van der Waals surface area contributed by atoms with Crippen molar-refractivity contribution in [1.82, 2.24) is 19.7 Å². The summed E-state index contributed by atoms with van der Waals surface area (Å²) < 4.78 is 7.19. The van der Waals surface area contributed by atoms with Crippen LogP contribution >= 0.6 is 12.4 Å². The lowest BCUT2D eigenvalue weighted by molar-refractivity contribution is 0.102. The van der Waals surface area contributed by atoms with E-state index in [1.807, 2.05) is 29.7 Å². The van der Waals surface area contributed by atoms with Crippen LogP contribution in [0.5, 0.6) is 5.75 Å². The second kappa shape index (κ2) is 8.45. The molecule has 0 aliphatic carbocycles. The summed E-state index contributed by atoms with van der Waals surface area (Å²) in [4.78, 5) is 23.8. The largest absolute Gasteiger partial charge is 0.496 e. The monoisotopic (exact) mass is 402 g/mol. The number of rotatable bonds is 4. The van der Waals surface area contributed by atoms with Crippen molar-refractivity contribution in [2.24, 2.45) is 0 Å². The zero-order chi connectivity index (χ0) is 18.8. The molecule has 8 nitrogen and oxygen atoms in total. The molecule has 1 saturated heterocycles. The maximum atomic E-state index is 12.7. The number of aromatic nitrogens is 3. The standard InChI is InChI=1S/C19H22N6O2.ClH/c1-13-11-25-12-15(16(27-2)9-18(25)22-13)19(26)23-17-4-3-14(10-21-17)24-7-5-20-6-8-24;/h3-4,9-12,20H,5-8H2,1-2H3,(H,21,23,26);1H. The van der Waals surface area contributed by atoms with Crippen LogP contribution in [0.4, 0.5) is 11.5 Å². The predicted octanol–water partition coefficient (Wildman–Crippen LogP) is 2.13. The molecule has 9 heteroatoms. The molecular formula is C19H23ClN6O2. The number of pyridine rings is 2. The fraction of sp³-hybridized carbons (Fsp3) is 0.316. The molecule has 0 unspecified atom stereocenters. The number of aryl methyl sites for hydroxylation is 1. The molecule has 2 N–H and O–H groups in total. The Kier molecular flexibility index (Phi) is 6.01. The highest BCUT2D eigenvalue weighted by Gasteiger charge is 2.16. The highest BCUT2D eigenvalue weighted by Crippen LogP contribution is 2.22. The number of ether oxygens (including phenoxy) is 1. The van der Waals surface area contributed by atoms with E-state index < -0.39 is 0 Å². The molecule has 0 aromatic carbocycles. The van der Waals surface area contributed by atoms with Crippen LogP contribution in [0.15, 0.2) is 36.8 Å². The summed E-state index contributed by atoms with van der Waals surface area (Å²) in [7, 11) is 1.54. The maximum Gasteiger partial charge on any atom is 0.262 e. The Morgan fingerprint density at radius 1 is 1.25 bits per heavy atom. The lowest BCUT2D eigenvalue weighted by Gasteiger charge is -2.29. The number of carbonyl (C=O) groups excluding carboxylic acids is 1. The van der Waals surface area contributed by atoms with Crippen molar-refractivity contribution in [3.05, 3.63) is 48.0 Å². The number of fused-ring (bicyclic) bond motifs is 1. The minimum atomic E-state index is -0.275. The molecular weight excluding hydrogens is 380 g/mol. The number of halogens is 1. The zero-order valence-electron chi connectivity index (χ0n) is 15.8. The summed E-state index contributed by atoms with van der Waals surface area (Å²) in [5.74, 6) is 0.702. The SMILES string of the molecule is COc1cc2nc(C)cn2cc1C(=O)Nc1ccc(N2CCNCC2)cn1.Cl. The van der Waals surface area contributed by atoms with E-state index in [0.717, 1.165) is 43.2 Å². The van der Waals surface area contributed by atoms with Gasteiger partial charge in [-0.3, -0.25) is 4.79 Å². The van der Waals surface area contributed by atoms with Gasteiger partial charge >= 0.3 is 0 Å². The van der Waals surface area contributed by atoms with E-state index in [4.69, 9.17) is 4.74 Å². The number of methoxy groups -OCH3 is 1. The Hall–Kier alpha value is -2.84. The van der Waals surface area contributed by atoms with Gasteiger partial charge in [0, 0.05) is 44.6 Å². The first kappa shape index (κ1) is 19.9. The van der Waals surface area contributed by atoms with Gasteiger partial charge in [-0.1, -0.05) is 0 Å². The van der Waals surface area contributed by atoms with E-state index in [1.54, 1.807) is 25.6 Å². The number of hydrogen-bond donors (Lipinski definition) is 2. The molecule has 1 fully saturated rings. The first-order valence-corrected chi connectivity index (χ1v) is 8.90. The first-order valence-electron chi connectivity index (χ1n) is 8.90. The minimum Gasteiger partial charge on any atom is -0.496 e. The number of amides is 1. The van der Waals surface area contributed by atoms with E-state index in [0.29, 0.717) is 17.1 Å². The average Bonchev–Trinajstić information content (AvgIpc) is 3.07. The molecule has 1 amide bonds. The van der Waals surface area contributed by atoms with Crippen LogP contribution in [-0.2, 0) is 0 Å². The molecule has 4 heterocycles. The predicted molar refractivity (Wildman–Crippen MR) is 111 cm³/mol. The zero-order valence-corrected chi connectivity index (χ0v) is 16.6. The van der Waals surface area contributed by atoms with Crippen LogP contribution in [0.3, 0.4) is 0 Å². The van der Waals surface area contributed by atoms with Crippen molar-refractivity contribution in [3.63, 3.8) is 0 Å². The van der Waals surface area contributed by atoms with Crippen LogP contribution in [0.2, 0.25) is 0 Å². The average molecular weight is 403 g/mol. The van der Waals surface area contributed by atoms with E-state index >= 15 is 0 Å². The van der Waals surface area contributed by atoms with Gasteiger partial charge in [0.05, 0.1) is 30.3 Å². The van der Waals surface area contributed by atoms with Crippen LogP contribution in [-0.4, -0.2) is 53.6 Å². The Morgan fingerprint density at radius 3 is 2.71 bits per heavy atom. The Balaban J connectivity index is 0.00000225. The molecule has 1 aliphatic rings. The highest BCUT2D eigenvalue weighted by atomic mass is 35.5. The van der Waals surface area contributed by atoms with Crippen molar-refractivity contribution in [2.75, 3.05) is 43.5 Å². The molecule has 0 radical (unpaired) electrons. The second-order valence-corrected chi connectivity index (χ2v) is 6.50. The minimum absolute atomic E-state index is 0. The lowest BCUT2D eigenvalue weighted by Crippen LogP contribution is -2.43. The van der Waals surface area contributed by atoms with Crippen molar-refractivity contribution in [3.8, 4) is 5.75 Å². The summed E-state index contributed by atoms with van der Waals surface area (Å²) in [6, 6.07) is 5.55. The van der Waals surface area contributed by atoms with Gasteiger partial charge in [-0.25, -0.2) is 9.97 Å². The lowest BCUT2D eigenvalue weighted by atomic mass is 10.2. The molecule has 0 saturated carbocycles. The molecule has 28 heavy (non-hydrogen) atoms. The van der Waals surface area contributed by atoms with Crippen LogP contribution in [0, 0.1) is 6.92 Å². The van der Waals surface area contributed by atoms with Crippen molar-refractivity contribution in [2.45, 2.75) is 6.92 Å². The second-order valence-electron chi connectivity index (χ2n) is 6.50. The Morgan fingerprint density at radius 2 is 2.04 bits per heavy atom. The van der Waals surface area contributed by atoms with E-state index in [1.165, 1.54) is 0 Å². The van der Waals surface area contributed by atoms with Gasteiger partial charge in [0.2, 0.25) is 0 Å². The van der Waals surface area contributed by atoms with Gasteiger partial charge in [-0.15, -0.1) is 12.4 Å². The van der Waals surface area contributed by atoms with Crippen LogP contribution in [0.25, 0.3) is 5.65 Å². The van der Waals surface area contributed by atoms with Gasteiger partial charge in [0.25, 0.3) is 5.91 Å². The number of hydrogen-bond acceptors (Lipinski definition) is 6. The van der Waals surface area contributed by atoms with Gasteiger partial charge in [0.1, 0.15) is 17.2 Å². The number of piperazine rings is 1. The van der Waals surface area contributed by atoms with E-state index in [2.05, 4.69) is 25.5 Å². The summed E-state index contributed by atoms with van der Waals surface area (Å²) in [6.07, 6.45) is 5.38. The number of nitrogens with zero attached hydrogens (tertiary/aromatic N) is 4. The van der Waals surface area contributed by atoms with Gasteiger partial charge in [0.15, 0.2) is 0 Å². The smallest absolute Gasteiger partial charge is 0.262 e. The Labute approximate surface area is 169 Å². The molecule has 4 rings (SSSR count). The molecule has 0 spiro atoms. The molecule has 0 atom stereocenters. The summed E-state index contributed by atoms with van der Waals surface area (Å²) in [5.41, 5.74) is 3.09. The van der Waals surface area contributed by atoms with E-state index in [9.17, 15) is 4.79 Å². The van der Waals surface area contributed by atoms with Gasteiger partial charge < -0.3 is 24.7 Å². The van der Waals surface area contributed by atoms with E-state index in [-0.39, 0.29) is 18.3 Å². The molecule has 3 aromatic heterocycles. The van der Waals surface area contributed by atoms with Crippen molar-refractivity contribution in [1.29, 1.82) is 0 Å². The summed E-state index contributed by atoms with van der Waals surface area (Å²) in [6.45, 7) is 5.75. The summed E-state index contributed by atoms with van der Waals surface area (Å²) in [5, 5.41) is 6.17. The van der Waals surface area contributed by atoms with Gasteiger partial charge in [-0.05, 0) is 19.1 Å². The number of anilines is 2. The van der Waals surface area contributed by atoms with Gasteiger partial charge in [-0.2, -0.15) is 0 Å². The third-order valence-corrected chi connectivity index (χ3v) is 4.61.